The van der Waals surface area contributed by atoms with Crippen molar-refractivity contribution in [3.8, 4) is 0 Å². The van der Waals surface area contributed by atoms with Gasteiger partial charge in [-0.2, -0.15) is 0 Å². The molecular formula is C12H6Br2N2O2S. The van der Waals surface area contributed by atoms with Gasteiger partial charge in [-0.15, -0.1) is 11.3 Å². The SMILES string of the molecule is O=C(c1csc(Br)c1)c1cc2[nH]c(=O)[nH]c2cc1Br. The number of fused-ring (bicyclic) bond motifs is 1. The van der Waals surface area contributed by atoms with Crippen LogP contribution in [0.25, 0.3) is 11.0 Å². The van der Waals surface area contributed by atoms with Crippen LogP contribution in [-0.4, -0.2) is 15.8 Å². The van der Waals surface area contributed by atoms with Crippen molar-refractivity contribution in [2.45, 2.75) is 0 Å². The molecule has 0 aliphatic carbocycles. The third-order valence-electron chi connectivity index (χ3n) is 2.68. The van der Waals surface area contributed by atoms with Gasteiger partial charge in [0.2, 0.25) is 0 Å². The van der Waals surface area contributed by atoms with Gasteiger partial charge in [-0.05, 0) is 50.1 Å². The average Bonchev–Trinajstić information content (AvgIpc) is 2.92. The monoisotopic (exact) mass is 400 g/mol. The fraction of sp³-hybridized carbons (Fsp3) is 0. The summed E-state index contributed by atoms with van der Waals surface area (Å²) in [4.78, 5) is 28.9. The number of hydrogen-bond acceptors (Lipinski definition) is 3. The number of aromatic amines is 2. The molecule has 7 heteroatoms. The van der Waals surface area contributed by atoms with Crippen molar-refractivity contribution in [3.63, 3.8) is 0 Å². The molecule has 0 aliphatic rings. The minimum Gasteiger partial charge on any atom is -0.306 e. The molecule has 0 amide bonds. The molecule has 0 aliphatic heterocycles. The van der Waals surface area contributed by atoms with E-state index in [-0.39, 0.29) is 11.5 Å². The summed E-state index contributed by atoms with van der Waals surface area (Å²) in [5, 5.41) is 1.79. The molecule has 3 aromatic rings. The van der Waals surface area contributed by atoms with E-state index in [1.807, 2.05) is 0 Å². The van der Waals surface area contributed by atoms with Gasteiger partial charge in [-0.1, -0.05) is 0 Å². The molecule has 0 atom stereocenters. The predicted molar refractivity (Wildman–Crippen MR) is 82.1 cm³/mol. The molecule has 2 N–H and O–H groups in total. The molecule has 0 bridgehead atoms. The molecular weight excluding hydrogens is 396 g/mol. The van der Waals surface area contributed by atoms with Gasteiger partial charge in [0.15, 0.2) is 5.78 Å². The zero-order valence-electron chi connectivity index (χ0n) is 9.29. The number of halogens is 2. The van der Waals surface area contributed by atoms with Gasteiger partial charge >= 0.3 is 5.69 Å². The standard InChI is InChI=1S/C12H6Br2N2O2S/c13-7-3-9-8(15-12(18)16-9)2-6(7)11(17)5-1-10(14)19-4-5/h1-4H,(H2,15,16,18). The van der Waals surface area contributed by atoms with E-state index in [2.05, 4.69) is 41.8 Å². The Labute approximate surface area is 128 Å². The number of nitrogens with one attached hydrogen (secondary N) is 2. The third-order valence-corrected chi connectivity index (χ3v) is 4.84. The number of H-pyrrole nitrogens is 2. The van der Waals surface area contributed by atoms with Crippen molar-refractivity contribution in [2.75, 3.05) is 0 Å². The van der Waals surface area contributed by atoms with Crippen LogP contribution in [0.4, 0.5) is 0 Å². The van der Waals surface area contributed by atoms with Crippen molar-refractivity contribution in [1.82, 2.24) is 9.97 Å². The van der Waals surface area contributed by atoms with E-state index in [0.717, 1.165) is 3.79 Å². The summed E-state index contributed by atoms with van der Waals surface area (Å²) in [5.74, 6) is -0.0854. The highest BCUT2D eigenvalue weighted by Crippen LogP contribution is 2.27. The Balaban J connectivity index is 2.16. The van der Waals surface area contributed by atoms with Crippen LogP contribution in [-0.2, 0) is 0 Å². The van der Waals surface area contributed by atoms with Gasteiger partial charge in [0, 0.05) is 21.0 Å². The van der Waals surface area contributed by atoms with Crippen LogP contribution < -0.4 is 5.69 Å². The van der Waals surface area contributed by atoms with Gasteiger partial charge in [-0.3, -0.25) is 4.79 Å². The number of hydrogen-bond donors (Lipinski definition) is 2. The first kappa shape index (κ1) is 12.8. The summed E-state index contributed by atoms with van der Waals surface area (Å²) in [6, 6.07) is 5.18. The van der Waals surface area contributed by atoms with Crippen molar-refractivity contribution in [3.05, 3.63) is 53.4 Å². The van der Waals surface area contributed by atoms with Gasteiger partial charge < -0.3 is 9.97 Å². The summed E-state index contributed by atoms with van der Waals surface area (Å²) >= 11 is 8.16. The smallest absolute Gasteiger partial charge is 0.306 e. The van der Waals surface area contributed by atoms with Crippen LogP contribution in [0.5, 0.6) is 0 Å². The molecule has 0 radical (unpaired) electrons. The number of ketones is 1. The molecule has 4 nitrogen and oxygen atoms in total. The Hall–Kier alpha value is -1.18. The highest BCUT2D eigenvalue weighted by atomic mass is 79.9. The maximum atomic E-state index is 12.4. The second-order valence-corrected chi connectivity index (χ2v) is 7.07. The highest BCUT2D eigenvalue weighted by Gasteiger charge is 2.16. The van der Waals surface area contributed by atoms with Crippen LogP contribution in [0.15, 0.2) is 36.6 Å². The Morgan fingerprint density at radius 3 is 2.42 bits per heavy atom. The third kappa shape index (κ3) is 2.33. The molecule has 3 rings (SSSR count). The van der Waals surface area contributed by atoms with Gasteiger partial charge in [0.05, 0.1) is 14.8 Å². The number of benzene rings is 1. The summed E-state index contributed by atoms with van der Waals surface area (Å²) in [5.41, 5.74) is 2.14. The van der Waals surface area contributed by atoms with Crippen LogP contribution in [0, 0.1) is 0 Å². The minimum atomic E-state index is -0.287. The fourth-order valence-electron chi connectivity index (χ4n) is 1.81. The van der Waals surface area contributed by atoms with E-state index in [0.29, 0.717) is 26.6 Å². The van der Waals surface area contributed by atoms with E-state index < -0.39 is 0 Å². The maximum absolute atomic E-state index is 12.4. The summed E-state index contributed by atoms with van der Waals surface area (Å²) < 4.78 is 1.56. The maximum Gasteiger partial charge on any atom is 0.323 e. The lowest BCUT2D eigenvalue weighted by atomic mass is 10.1. The van der Waals surface area contributed by atoms with E-state index in [4.69, 9.17) is 0 Å². The second-order valence-electron chi connectivity index (χ2n) is 3.93. The van der Waals surface area contributed by atoms with E-state index >= 15 is 0 Å². The molecule has 2 heterocycles. The number of imidazole rings is 1. The van der Waals surface area contributed by atoms with Gasteiger partial charge in [-0.25, -0.2) is 4.79 Å². The van der Waals surface area contributed by atoms with Crippen LogP contribution in [0.3, 0.4) is 0 Å². The summed E-state index contributed by atoms with van der Waals surface area (Å²) in [6.45, 7) is 0. The quantitative estimate of drug-likeness (QED) is 0.643. The number of aromatic nitrogens is 2. The van der Waals surface area contributed by atoms with E-state index in [9.17, 15) is 9.59 Å². The first-order valence-electron chi connectivity index (χ1n) is 5.25. The molecule has 0 unspecified atom stereocenters. The van der Waals surface area contributed by atoms with Crippen molar-refractivity contribution < 1.29 is 4.79 Å². The molecule has 19 heavy (non-hydrogen) atoms. The Morgan fingerprint density at radius 2 is 1.79 bits per heavy atom. The highest BCUT2D eigenvalue weighted by molar-refractivity contribution is 9.11. The van der Waals surface area contributed by atoms with Crippen molar-refractivity contribution in [1.29, 1.82) is 0 Å². The second kappa shape index (κ2) is 4.73. The van der Waals surface area contributed by atoms with Gasteiger partial charge in [0.25, 0.3) is 0 Å². The minimum absolute atomic E-state index is 0.0854. The van der Waals surface area contributed by atoms with Crippen LogP contribution in [0.2, 0.25) is 0 Å². The lowest BCUT2D eigenvalue weighted by Crippen LogP contribution is -2.01. The Kier molecular flexibility index (Phi) is 3.20. The molecule has 0 fully saturated rings. The largest absolute Gasteiger partial charge is 0.323 e. The number of rotatable bonds is 2. The lowest BCUT2D eigenvalue weighted by Gasteiger charge is -2.02. The first-order chi connectivity index (χ1) is 9.04. The number of thiophene rings is 1. The molecule has 0 saturated heterocycles. The topological polar surface area (TPSA) is 65.7 Å². The average molecular weight is 402 g/mol. The fourth-order valence-corrected chi connectivity index (χ4v) is 3.47. The van der Waals surface area contributed by atoms with E-state index in [1.165, 1.54) is 11.3 Å². The van der Waals surface area contributed by atoms with E-state index in [1.54, 1.807) is 23.6 Å². The van der Waals surface area contributed by atoms with Gasteiger partial charge in [0.1, 0.15) is 0 Å². The molecule has 2 aromatic heterocycles. The molecule has 96 valence electrons. The molecule has 0 spiro atoms. The zero-order valence-corrected chi connectivity index (χ0v) is 13.3. The Bertz CT molecular complexity index is 847. The predicted octanol–water partition coefficient (Wildman–Crippen LogP) is 3.67. The molecule has 0 saturated carbocycles. The number of carbonyl (C=O) groups excluding carboxylic acids is 1. The summed E-state index contributed by atoms with van der Waals surface area (Å²) in [6.07, 6.45) is 0. The summed E-state index contributed by atoms with van der Waals surface area (Å²) in [7, 11) is 0. The van der Waals surface area contributed by atoms with Crippen molar-refractivity contribution >= 4 is 60.0 Å². The normalized spacial score (nSPS) is 11.1. The number of carbonyl (C=O) groups is 1. The Morgan fingerprint density at radius 1 is 1.11 bits per heavy atom. The zero-order chi connectivity index (χ0) is 13.6. The molecule has 1 aromatic carbocycles. The first-order valence-corrected chi connectivity index (χ1v) is 7.71. The van der Waals surface area contributed by atoms with Crippen LogP contribution >= 0.6 is 43.2 Å². The van der Waals surface area contributed by atoms with Crippen LogP contribution in [0.1, 0.15) is 15.9 Å². The lowest BCUT2D eigenvalue weighted by molar-refractivity contribution is 0.103. The van der Waals surface area contributed by atoms with Crippen molar-refractivity contribution in [2.24, 2.45) is 0 Å².